The number of non-ortho nitro benzene ring substituents is 1. The number of anilines is 3. The number of hydrogen-bond donors (Lipinski definition) is 1. The maximum absolute atomic E-state index is 10.8. The van der Waals surface area contributed by atoms with Crippen LogP contribution in [0.25, 0.3) is 0 Å². The van der Waals surface area contributed by atoms with Crippen LogP contribution in [0.5, 0.6) is 5.75 Å². The van der Waals surface area contributed by atoms with E-state index in [4.69, 9.17) is 19.2 Å². The van der Waals surface area contributed by atoms with Crippen LogP contribution in [0.15, 0.2) is 53.6 Å². The van der Waals surface area contributed by atoms with E-state index >= 15 is 0 Å². The summed E-state index contributed by atoms with van der Waals surface area (Å²) in [6, 6.07) is 13.7. The Morgan fingerprint density at radius 2 is 1.47 bits per heavy atom. The summed E-state index contributed by atoms with van der Waals surface area (Å²) >= 11 is 0. The van der Waals surface area contributed by atoms with E-state index in [2.05, 4.69) is 30.3 Å². The van der Waals surface area contributed by atoms with E-state index in [1.807, 2.05) is 24.3 Å². The van der Waals surface area contributed by atoms with Crippen molar-refractivity contribution in [1.29, 1.82) is 0 Å². The molecule has 2 fully saturated rings. The number of aromatic nitrogens is 3. The summed E-state index contributed by atoms with van der Waals surface area (Å²) in [5, 5.41) is 15.1. The van der Waals surface area contributed by atoms with Gasteiger partial charge >= 0.3 is 0 Å². The fourth-order valence-electron chi connectivity index (χ4n) is 3.91. The predicted molar refractivity (Wildman–Crippen MR) is 141 cm³/mol. The first-order chi connectivity index (χ1) is 18.6. The predicted octanol–water partition coefficient (Wildman–Crippen LogP) is 2.48. The van der Waals surface area contributed by atoms with Crippen molar-refractivity contribution in [1.82, 2.24) is 15.0 Å². The second kappa shape index (κ2) is 12.3. The van der Waals surface area contributed by atoms with E-state index in [1.54, 1.807) is 18.3 Å². The molecule has 198 valence electrons. The lowest BCUT2D eigenvalue weighted by Gasteiger charge is -2.30. The molecule has 0 aliphatic carbocycles. The Bertz CT molecular complexity index is 1210. The summed E-state index contributed by atoms with van der Waals surface area (Å²) in [6.07, 6.45) is 1.67. The smallest absolute Gasteiger partial charge is 0.269 e. The Morgan fingerprint density at radius 1 is 0.895 bits per heavy atom. The monoisotopic (exact) mass is 520 g/mol. The molecule has 0 bridgehead atoms. The van der Waals surface area contributed by atoms with Crippen molar-refractivity contribution in [2.75, 3.05) is 67.8 Å². The third kappa shape index (κ3) is 6.69. The van der Waals surface area contributed by atoms with Crippen molar-refractivity contribution in [3.05, 3.63) is 69.8 Å². The largest absolute Gasteiger partial charge is 0.489 e. The van der Waals surface area contributed by atoms with Crippen molar-refractivity contribution < 1.29 is 19.1 Å². The van der Waals surface area contributed by atoms with Crippen LogP contribution in [0.3, 0.4) is 0 Å². The van der Waals surface area contributed by atoms with Crippen LogP contribution in [0.1, 0.15) is 11.1 Å². The summed E-state index contributed by atoms with van der Waals surface area (Å²) in [6.45, 7) is 5.70. The van der Waals surface area contributed by atoms with Gasteiger partial charge in [0.15, 0.2) is 0 Å². The van der Waals surface area contributed by atoms with Crippen molar-refractivity contribution in [3.8, 4) is 5.75 Å². The van der Waals surface area contributed by atoms with E-state index in [0.29, 0.717) is 82.8 Å². The van der Waals surface area contributed by atoms with Crippen LogP contribution >= 0.6 is 0 Å². The van der Waals surface area contributed by atoms with Gasteiger partial charge in [0.05, 0.1) is 37.6 Å². The van der Waals surface area contributed by atoms with Gasteiger partial charge in [-0.2, -0.15) is 20.1 Å². The minimum absolute atomic E-state index is 0.0535. The second-order valence-electron chi connectivity index (χ2n) is 8.61. The zero-order valence-electron chi connectivity index (χ0n) is 20.7. The molecule has 3 aromatic rings. The summed E-state index contributed by atoms with van der Waals surface area (Å²) in [5.41, 5.74) is 4.69. The molecule has 5 rings (SSSR count). The molecule has 0 unspecified atom stereocenters. The molecular formula is C25H28N8O5. The van der Waals surface area contributed by atoms with Crippen molar-refractivity contribution in [3.63, 3.8) is 0 Å². The normalized spacial score (nSPS) is 16.0. The molecule has 2 saturated heterocycles. The first kappa shape index (κ1) is 25.3. The number of nitro benzene ring substituents is 1. The van der Waals surface area contributed by atoms with Gasteiger partial charge in [-0.3, -0.25) is 10.1 Å². The van der Waals surface area contributed by atoms with Crippen molar-refractivity contribution in [2.24, 2.45) is 5.10 Å². The lowest BCUT2D eigenvalue weighted by atomic mass is 10.2. The van der Waals surface area contributed by atoms with E-state index in [1.165, 1.54) is 12.1 Å². The van der Waals surface area contributed by atoms with Gasteiger partial charge in [0.1, 0.15) is 12.4 Å². The fourth-order valence-corrected chi connectivity index (χ4v) is 3.91. The van der Waals surface area contributed by atoms with Gasteiger partial charge in [-0.15, -0.1) is 0 Å². The number of nitrogens with one attached hydrogen (secondary N) is 1. The number of hydrazone groups is 1. The van der Waals surface area contributed by atoms with Gasteiger partial charge in [0.2, 0.25) is 17.8 Å². The molecule has 2 aliphatic heterocycles. The third-order valence-corrected chi connectivity index (χ3v) is 6.01. The molecule has 1 N–H and O–H groups in total. The molecule has 13 nitrogen and oxygen atoms in total. The molecule has 0 radical (unpaired) electrons. The molecule has 0 spiro atoms. The van der Waals surface area contributed by atoms with Gasteiger partial charge in [-0.1, -0.05) is 0 Å². The first-order valence-electron chi connectivity index (χ1n) is 12.3. The Hall–Kier alpha value is -4.36. The van der Waals surface area contributed by atoms with Crippen LogP contribution in [0.2, 0.25) is 0 Å². The van der Waals surface area contributed by atoms with Crippen LogP contribution < -0.4 is 20.0 Å². The van der Waals surface area contributed by atoms with Crippen LogP contribution in [-0.4, -0.2) is 78.7 Å². The van der Waals surface area contributed by atoms with E-state index in [0.717, 1.165) is 11.1 Å². The number of rotatable bonds is 9. The zero-order valence-corrected chi connectivity index (χ0v) is 20.7. The molecule has 3 heterocycles. The molecule has 2 aromatic carbocycles. The van der Waals surface area contributed by atoms with Crippen LogP contribution in [-0.2, 0) is 16.1 Å². The molecular weight excluding hydrogens is 492 g/mol. The first-order valence-corrected chi connectivity index (χ1v) is 12.3. The van der Waals surface area contributed by atoms with Crippen molar-refractivity contribution >= 4 is 29.7 Å². The highest BCUT2D eigenvalue weighted by atomic mass is 16.6. The van der Waals surface area contributed by atoms with E-state index in [9.17, 15) is 10.1 Å². The average molecular weight is 521 g/mol. The maximum Gasteiger partial charge on any atom is 0.269 e. The molecule has 0 amide bonds. The Morgan fingerprint density at radius 3 is 2.03 bits per heavy atom. The summed E-state index contributed by atoms with van der Waals surface area (Å²) < 4.78 is 16.7. The molecule has 0 saturated carbocycles. The molecule has 2 aliphatic rings. The minimum atomic E-state index is -0.424. The number of ether oxygens (including phenoxy) is 3. The van der Waals surface area contributed by atoms with Gasteiger partial charge < -0.3 is 24.0 Å². The topological polar surface area (TPSA) is 140 Å². The van der Waals surface area contributed by atoms with Gasteiger partial charge in [0.25, 0.3) is 5.69 Å². The van der Waals surface area contributed by atoms with Crippen LogP contribution in [0, 0.1) is 10.1 Å². The number of benzene rings is 2. The second-order valence-corrected chi connectivity index (χ2v) is 8.61. The summed E-state index contributed by atoms with van der Waals surface area (Å²) in [4.78, 5) is 28.4. The maximum atomic E-state index is 10.8. The Labute approximate surface area is 219 Å². The number of nitro groups is 1. The molecule has 1 aromatic heterocycles. The standard InChI is InChI=1S/C25H28N8O5/c34-33(35)21-5-1-20(2-6-21)18-38-22-7-3-19(4-8-22)17-26-30-23-27-24(31-9-13-36-14-10-31)29-25(28-23)32-11-15-37-16-12-32/h1-8,17H,9-16,18H2,(H,27,28,29,30)/b26-17+. The van der Waals surface area contributed by atoms with E-state index < -0.39 is 4.92 Å². The quantitative estimate of drug-likeness (QED) is 0.253. The highest BCUT2D eigenvalue weighted by Crippen LogP contribution is 2.19. The van der Waals surface area contributed by atoms with Gasteiger partial charge in [0, 0.05) is 38.3 Å². The molecule has 13 heteroatoms. The zero-order chi connectivity index (χ0) is 26.2. The lowest BCUT2D eigenvalue weighted by Crippen LogP contribution is -2.40. The highest BCUT2D eigenvalue weighted by molar-refractivity contribution is 5.80. The fraction of sp³-hybridized carbons (Fsp3) is 0.360. The Kier molecular flexibility index (Phi) is 8.16. The van der Waals surface area contributed by atoms with Gasteiger partial charge in [-0.05, 0) is 47.5 Å². The lowest BCUT2D eigenvalue weighted by molar-refractivity contribution is -0.384. The summed E-state index contributed by atoms with van der Waals surface area (Å²) in [7, 11) is 0. The highest BCUT2D eigenvalue weighted by Gasteiger charge is 2.20. The van der Waals surface area contributed by atoms with Gasteiger partial charge in [-0.25, -0.2) is 5.43 Å². The summed E-state index contributed by atoms with van der Waals surface area (Å²) in [5.74, 6) is 2.23. The molecule has 0 atom stereocenters. The van der Waals surface area contributed by atoms with Crippen molar-refractivity contribution in [2.45, 2.75) is 6.61 Å². The third-order valence-electron chi connectivity index (χ3n) is 6.01. The number of nitrogens with zero attached hydrogens (tertiary/aromatic N) is 7. The average Bonchev–Trinajstić information content (AvgIpc) is 2.98. The minimum Gasteiger partial charge on any atom is -0.489 e. The SMILES string of the molecule is O=[N+]([O-])c1ccc(COc2ccc(/C=N/Nc3nc(N4CCOCC4)nc(N4CCOCC4)n3)cc2)cc1. The van der Waals surface area contributed by atoms with E-state index in [-0.39, 0.29) is 5.69 Å². The number of hydrogen-bond acceptors (Lipinski definition) is 12. The Balaban J connectivity index is 1.21. The molecule has 38 heavy (non-hydrogen) atoms. The van der Waals surface area contributed by atoms with Crippen LogP contribution in [0.4, 0.5) is 23.5 Å². The number of morpholine rings is 2.